The van der Waals surface area contributed by atoms with E-state index in [0.717, 1.165) is 0 Å². The number of ether oxygens (including phenoxy) is 1. The molecule has 1 aliphatic rings. The van der Waals surface area contributed by atoms with Gasteiger partial charge in [0.1, 0.15) is 11.6 Å². The molecule has 4 rings (SSSR count). The van der Waals surface area contributed by atoms with E-state index in [1.807, 2.05) is 30.3 Å². The highest BCUT2D eigenvalue weighted by Crippen LogP contribution is 2.30. The number of para-hydroxylation sites is 1. The van der Waals surface area contributed by atoms with E-state index in [-0.39, 0.29) is 17.5 Å². The Labute approximate surface area is 201 Å². The predicted molar refractivity (Wildman–Crippen MR) is 130 cm³/mol. The van der Waals surface area contributed by atoms with Crippen molar-refractivity contribution in [2.45, 2.75) is 18.9 Å². The molecule has 1 fully saturated rings. The number of amides is 2. The molecule has 0 radical (unpaired) electrons. The van der Waals surface area contributed by atoms with Crippen LogP contribution in [0.2, 0.25) is 5.02 Å². The minimum absolute atomic E-state index is 0.167. The van der Waals surface area contributed by atoms with Crippen molar-refractivity contribution in [1.29, 1.82) is 0 Å². The maximum Gasteiger partial charge on any atom is 0.320 e. The van der Waals surface area contributed by atoms with Gasteiger partial charge in [-0.15, -0.1) is 0 Å². The van der Waals surface area contributed by atoms with E-state index in [4.69, 9.17) is 16.3 Å². The highest BCUT2D eigenvalue weighted by Gasteiger charge is 2.35. The molecule has 2 unspecified atom stereocenters. The van der Waals surface area contributed by atoms with Gasteiger partial charge in [-0.05, 0) is 42.8 Å². The first kappa shape index (κ1) is 24.0. The molecule has 1 saturated heterocycles. The highest BCUT2D eigenvalue weighted by atomic mass is 35.5. The number of aromatic nitrogens is 2. The minimum Gasteiger partial charge on any atom is -0.383 e. The first-order chi connectivity index (χ1) is 16.4. The SMILES string of the molecule is COCCN1CC(NC(=O)Nc2c(C)c(=O)[nH]n2-c2ccccc2)C(c2cc(F)cc(Cl)c2)C1. The van der Waals surface area contributed by atoms with Crippen molar-refractivity contribution in [1.82, 2.24) is 20.0 Å². The van der Waals surface area contributed by atoms with Crippen molar-refractivity contribution >= 4 is 23.4 Å². The number of carbonyl (C=O) groups excluding carboxylic acids is 1. The van der Waals surface area contributed by atoms with Gasteiger partial charge in [-0.25, -0.2) is 13.9 Å². The maximum atomic E-state index is 14.1. The molecule has 1 aliphatic heterocycles. The zero-order valence-electron chi connectivity index (χ0n) is 19.0. The van der Waals surface area contributed by atoms with Crippen LogP contribution in [0.15, 0.2) is 53.3 Å². The second kappa shape index (κ2) is 10.4. The topological polar surface area (TPSA) is 91.4 Å². The molecule has 2 amide bonds. The molecule has 2 heterocycles. The summed E-state index contributed by atoms with van der Waals surface area (Å²) in [5.74, 6) is -0.233. The van der Waals surface area contributed by atoms with Gasteiger partial charge in [0.2, 0.25) is 0 Å². The van der Waals surface area contributed by atoms with Crippen LogP contribution in [0.5, 0.6) is 0 Å². The number of halogens is 2. The summed E-state index contributed by atoms with van der Waals surface area (Å²) in [6.07, 6.45) is 0. The van der Waals surface area contributed by atoms with Crippen molar-refractivity contribution in [3.8, 4) is 5.69 Å². The molecule has 3 N–H and O–H groups in total. The molecule has 2 aromatic carbocycles. The molecule has 0 bridgehead atoms. The molecule has 34 heavy (non-hydrogen) atoms. The number of carbonyl (C=O) groups is 1. The van der Waals surface area contributed by atoms with Crippen molar-refractivity contribution in [3.63, 3.8) is 0 Å². The molecule has 0 aliphatic carbocycles. The summed E-state index contributed by atoms with van der Waals surface area (Å²) in [7, 11) is 1.63. The maximum absolute atomic E-state index is 14.1. The number of H-pyrrole nitrogens is 1. The normalized spacial score (nSPS) is 18.2. The molecule has 0 saturated carbocycles. The number of nitrogens with one attached hydrogen (secondary N) is 3. The summed E-state index contributed by atoms with van der Waals surface area (Å²) in [6.45, 7) is 4.05. The van der Waals surface area contributed by atoms with Gasteiger partial charge in [0.25, 0.3) is 5.56 Å². The Morgan fingerprint density at radius 2 is 2.00 bits per heavy atom. The zero-order chi connectivity index (χ0) is 24.2. The second-order valence-corrected chi connectivity index (χ2v) is 8.79. The first-order valence-electron chi connectivity index (χ1n) is 11.0. The Bertz CT molecular complexity index is 1190. The third kappa shape index (κ3) is 5.32. The fourth-order valence-corrected chi connectivity index (χ4v) is 4.54. The lowest BCUT2D eigenvalue weighted by Gasteiger charge is -2.21. The van der Waals surface area contributed by atoms with Gasteiger partial charge in [-0.2, -0.15) is 0 Å². The average molecular weight is 488 g/mol. The van der Waals surface area contributed by atoms with Gasteiger partial charge in [0.15, 0.2) is 0 Å². The summed E-state index contributed by atoms with van der Waals surface area (Å²) in [5.41, 5.74) is 1.52. The summed E-state index contributed by atoms with van der Waals surface area (Å²) in [4.78, 5) is 27.5. The molecule has 180 valence electrons. The van der Waals surface area contributed by atoms with Crippen molar-refractivity contribution < 1.29 is 13.9 Å². The molecular formula is C24H27ClFN5O3. The second-order valence-electron chi connectivity index (χ2n) is 8.35. The van der Waals surface area contributed by atoms with Crippen molar-refractivity contribution in [2.75, 3.05) is 38.7 Å². The zero-order valence-corrected chi connectivity index (χ0v) is 19.7. The summed E-state index contributed by atoms with van der Waals surface area (Å²) in [6, 6.07) is 12.9. The number of hydrogen-bond donors (Lipinski definition) is 3. The van der Waals surface area contributed by atoms with E-state index in [2.05, 4.69) is 20.6 Å². The Morgan fingerprint density at radius 3 is 2.71 bits per heavy atom. The van der Waals surface area contributed by atoms with E-state index < -0.39 is 11.8 Å². The van der Waals surface area contributed by atoms with E-state index in [1.54, 1.807) is 24.8 Å². The van der Waals surface area contributed by atoms with E-state index in [9.17, 15) is 14.0 Å². The largest absolute Gasteiger partial charge is 0.383 e. The van der Waals surface area contributed by atoms with Crippen molar-refractivity contribution in [2.24, 2.45) is 0 Å². The molecule has 2 atom stereocenters. The van der Waals surface area contributed by atoms with Crippen LogP contribution in [-0.4, -0.2) is 60.1 Å². The van der Waals surface area contributed by atoms with Crippen LogP contribution in [-0.2, 0) is 4.74 Å². The monoisotopic (exact) mass is 487 g/mol. The lowest BCUT2D eigenvalue weighted by Crippen LogP contribution is -2.42. The first-order valence-corrected chi connectivity index (χ1v) is 11.4. The molecule has 10 heteroatoms. The lowest BCUT2D eigenvalue weighted by molar-refractivity contribution is 0.159. The van der Waals surface area contributed by atoms with E-state index >= 15 is 0 Å². The van der Waals surface area contributed by atoms with Crippen LogP contribution >= 0.6 is 11.6 Å². The number of hydrogen-bond acceptors (Lipinski definition) is 4. The van der Waals surface area contributed by atoms with Crippen LogP contribution in [0.1, 0.15) is 17.0 Å². The number of nitrogens with zero attached hydrogens (tertiary/aromatic N) is 2. The fraction of sp³-hybridized carbons (Fsp3) is 0.333. The summed E-state index contributed by atoms with van der Waals surface area (Å²) < 4.78 is 20.8. The third-order valence-electron chi connectivity index (χ3n) is 6.02. The van der Waals surface area contributed by atoms with Crippen molar-refractivity contribution in [3.05, 3.63) is 80.9 Å². The van der Waals surface area contributed by atoms with Gasteiger partial charge in [0.05, 0.1) is 23.9 Å². The fourth-order valence-electron chi connectivity index (χ4n) is 4.31. The van der Waals surface area contributed by atoms with Crippen LogP contribution in [0.3, 0.4) is 0 Å². The van der Waals surface area contributed by atoms with Crippen LogP contribution in [0, 0.1) is 12.7 Å². The van der Waals surface area contributed by atoms with Gasteiger partial charge >= 0.3 is 6.03 Å². The molecule has 8 nitrogen and oxygen atoms in total. The van der Waals surface area contributed by atoms with Crippen LogP contribution in [0.25, 0.3) is 5.69 Å². The average Bonchev–Trinajstić information content (AvgIpc) is 3.33. The standard InChI is InChI=1S/C24H27ClFN5O3/c1-15-22(31(29-23(15)32)19-6-4-3-5-7-19)28-24(33)27-21-14-30(8-9-34-2)13-20(21)16-10-17(25)12-18(26)11-16/h3-7,10-12,20-21H,8-9,13-14H2,1-2H3,(H,29,32)(H2,27,28,33). The molecule has 3 aromatic rings. The Balaban J connectivity index is 1.56. The van der Waals surface area contributed by atoms with E-state index in [0.29, 0.717) is 53.9 Å². The number of benzene rings is 2. The number of anilines is 1. The number of likely N-dealkylation sites (tertiary alicyclic amines) is 1. The molecule has 0 spiro atoms. The smallest absolute Gasteiger partial charge is 0.320 e. The van der Waals surface area contributed by atoms with Gasteiger partial charge in [0, 0.05) is 37.7 Å². The molecule has 1 aromatic heterocycles. The van der Waals surface area contributed by atoms with Gasteiger partial charge in [-0.1, -0.05) is 29.8 Å². The van der Waals surface area contributed by atoms with Gasteiger partial charge < -0.3 is 10.1 Å². The Morgan fingerprint density at radius 1 is 1.24 bits per heavy atom. The summed E-state index contributed by atoms with van der Waals surface area (Å²) in [5, 5.41) is 8.88. The number of aromatic amines is 1. The molecular weight excluding hydrogens is 461 g/mol. The summed E-state index contributed by atoms with van der Waals surface area (Å²) >= 11 is 6.10. The highest BCUT2D eigenvalue weighted by molar-refractivity contribution is 6.30. The quantitative estimate of drug-likeness (QED) is 0.475. The van der Waals surface area contributed by atoms with Gasteiger partial charge in [-0.3, -0.25) is 20.1 Å². The lowest BCUT2D eigenvalue weighted by atomic mass is 9.94. The predicted octanol–water partition coefficient (Wildman–Crippen LogP) is 3.50. The minimum atomic E-state index is -0.460. The Kier molecular flexibility index (Phi) is 7.35. The number of methoxy groups -OCH3 is 1. The third-order valence-corrected chi connectivity index (χ3v) is 6.23. The number of urea groups is 1. The van der Waals surface area contributed by atoms with Crippen LogP contribution < -0.4 is 16.2 Å². The number of rotatable bonds is 7. The Hall–Kier alpha value is -3.14. The van der Waals surface area contributed by atoms with Crippen LogP contribution in [0.4, 0.5) is 15.0 Å². The van der Waals surface area contributed by atoms with E-state index in [1.165, 1.54) is 12.1 Å².